The maximum Gasteiger partial charge on any atom is 0.329 e. The SMILES string of the molecule is COC(=O)[C@H](Nc1ccc(Cl)cc1)[C@H](C)C(=O)c1ccccc1. The van der Waals surface area contributed by atoms with Crippen molar-refractivity contribution in [3.8, 4) is 0 Å². The molecule has 2 atom stereocenters. The number of carbonyl (C=O) groups excluding carboxylic acids is 2. The molecule has 0 aliphatic heterocycles. The van der Waals surface area contributed by atoms with Crippen molar-refractivity contribution < 1.29 is 14.3 Å². The van der Waals surface area contributed by atoms with Gasteiger partial charge in [-0.05, 0) is 24.3 Å². The van der Waals surface area contributed by atoms with Crippen LogP contribution < -0.4 is 5.32 Å². The first kappa shape index (κ1) is 17.0. The van der Waals surface area contributed by atoms with Crippen LogP contribution >= 0.6 is 11.6 Å². The van der Waals surface area contributed by atoms with Gasteiger partial charge in [0.2, 0.25) is 0 Å². The first-order valence-corrected chi connectivity index (χ1v) is 7.60. The van der Waals surface area contributed by atoms with Gasteiger partial charge in [-0.25, -0.2) is 4.79 Å². The molecular formula is C18H18ClNO3. The predicted octanol–water partition coefficient (Wildman–Crippen LogP) is 3.81. The maximum atomic E-state index is 12.6. The lowest BCUT2D eigenvalue weighted by Gasteiger charge is -2.23. The number of ether oxygens (including phenoxy) is 1. The highest BCUT2D eigenvalue weighted by Crippen LogP contribution is 2.20. The molecule has 2 rings (SSSR count). The molecule has 0 heterocycles. The van der Waals surface area contributed by atoms with Crippen LogP contribution in [0.5, 0.6) is 0 Å². The van der Waals surface area contributed by atoms with E-state index in [0.717, 1.165) is 0 Å². The minimum atomic E-state index is -0.783. The number of hydrogen-bond donors (Lipinski definition) is 1. The van der Waals surface area contributed by atoms with E-state index >= 15 is 0 Å². The summed E-state index contributed by atoms with van der Waals surface area (Å²) in [6, 6.07) is 15.0. The van der Waals surface area contributed by atoms with Gasteiger partial charge in [-0.2, -0.15) is 0 Å². The van der Waals surface area contributed by atoms with Crippen LogP contribution in [0.15, 0.2) is 54.6 Å². The lowest BCUT2D eigenvalue weighted by Crippen LogP contribution is -2.40. The van der Waals surface area contributed by atoms with Gasteiger partial charge in [-0.3, -0.25) is 4.79 Å². The van der Waals surface area contributed by atoms with Gasteiger partial charge in [-0.1, -0.05) is 48.9 Å². The molecule has 1 N–H and O–H groups in total. The first-order valence-electron chi connectivity index (χ1n) is 7.22. The number of benzene rings is 2. The largest absolute Gasteiger partial charge is 0.467 e. The molecule has 0 radical (unpaired) electrons. The number of Topliss-reactive ketones (excluding diaryl/α,β-unsaturated/α-hetero) is 1. The smallest absolute Gasteiger partial charge is 0.329 e. The van der Waals surface area contributed by atoms with E-state index in [-0.39, 0.29) is 5.78 Å². The van der Waals surface area contributed by atoms with Crippen LogP contribution in [0, 0.1) is 5.92 Å². The fraction of sp³-hybridized carbons (Fsp3) is 0.222. The van der Waals surface area contributed by atoms with Crippen molar-refractivity contribution in [1.82, 2.24) is 0 Å². The van der Waals surface area contributed by atoms with Gasteiger partial charge in [0, 0.05) is 16.3 Å². The highest BCUT2D eigenvalue weighted by Gasteiger charge is 2.31. The van der Waals surface area contributed by atoms with Gasteiger partial charge in [0.05, 0.1) is 13.0 Å². The minimum absolute atomic E-state index is 0.123. The molecule has 0 spiro atoms. The van der Waals surface area contributed by atoms with Crippen molar-refractivity contribution in [2.24, 2.45) is 5.92 Å². The Bertz CT molecular complexity index is 670. The standard InChI is InChI=1S/C18H18ClNO3/c1-12(17(21)13-6-4-3-5-7-13)16(18(22)23-2)20-15-10-8-14(19)9-11-15/h3-12,16,20H,1-2H3/t12-,16+/m0/s1. The second-order valence-electron chi connectivity index (χ2n) is 5.17. The molecule has 2 aromatic rings. The summed E-state index contributed by atoms with van der Waals surface area (Å²) in [4.78, 5) is 24.7. The topological polar surface area (TPSA) is 55.4 Å². The van der Waals surface area contributed by atoms with Crippen molar-refractivity contribution >= 4 is 29.0 Å². The second-order valence-corrected chi connectivity index (χ2v) is 5.61. The average molecular weight is 332 g/mol. The van der Waals surface area contributed by atoms with Crippen LogP contribution in [-0.2, 0) is 9.53 Å². The number of rotatable bonds is 6. The number of methoxy groups -OCH3 is 1. The van der Waals surface area contributed by atoms with Gasteiger partial charge >= 0.3 is 5.97 Å². The summed E-state index contributed by atoms with van der Waals surface area (Å²) >= 11 is 5.86. The van der Waals surface area contributed by atoms with E-state index in [1.165, 1.54) is 7.11 Å². The third kappa shape index (κ3) is 4.33. The summed E-state index contributed by atoms with van der Waals surface area (Å²) in [7, 11) is 1.30. The van der Waals surface area contributed by atoms with Gasteiger partial charge in [-0.15, -0.1) is 0 Å². The Balaban J connectivity index is 2.22. The zero-order chi connectivity index (χ0) is 16.8. The Kier molecular flexibility index (Phi) is 5.77. The van der Waals surface area contributed by atoms with E-state index in [1.54, 1.807) is 55.5 Å². The van der Waals surface area contributed by atoms with Crippen LogP contribution in [0.4, 0.5) is 5.69 Å². The molecule has 120 valence electrons. The molecule has 0 aromatic heterocycles. The summed E-state index contributed by atoms with van der Waals surface area (Å²) in [5.74, 6) is -1.19. The van der Waals surface area contributed by atoms with Crippen LogP contribution in [-0.4, -0.2) is 24.9 Å². The Morgan fingerprint density at radius 1 is 1.04 bits per heavy atom. The normalized spacial score (nSPS) is 13.0. The minimum Gasteiger partial charge on any atom is -0.467 e. The van der Waals surface area contributed by atoms with E-state index in [1.807, 2.05) is 6.07 Å². The summed E-state index contributed by atoms with van der Waals surface area (Å²) in [5.41, 5.74) is 1.25. The Hall–Kier alpha value is -2.33. The number of anilines is 1. The molecule has 0 amide bonds. The molecule has 4 nitrogen and oxygen atoms in total. The lowest BCUT2D eigenvalue weighted by molar-refractivity contribution is -0.142. The van der Waals surface area contributed by atoms with E-state index < -0.39 is 17.9 Å². The van der Waals surface area contributed by atoms with Crippen molar-refractivity contribution in [3.63, 3.8) is 0 Å². The highest BCUT2D eigenvalue weighted by atomic mass is 35.5. The molecule has 2 aromatic carbocycles. The number of hydrogen-bond acceptors (Lipinski definition) is 4. The van der Waals surface area contributed by atoms with Gasteiger partial charge in [0.25, 0.3) is 0 Å². The molecule has 0 fully saturated rings. The van der Waals surface area contributed by atoms with E-state index in [4.69, 9.17) is 16.3 Å². The number of nitrogens with one attached hydrogen (secondary N) is 1. The number of ketones is 1. The van der Waals surface area contributed by atoms with Crippen molar-refractivity contribution in [2.75, 3.05) is 12.4 Å². The number of halogens is 1. The zero-order valence-electron chi connectivity index (χ0n) is 13.0. The van der Waals surface area contributed by atoms with Gasteiger partial charge in [0.1, 0.15) is 6.04 Å². The first-order chi connectivity index (χ1) is 11.0. The van der Waals surface area contributed by atoms with Crippen molar-refractivity contribution in [2.45, 2.75) is 13.0 Å². The second kappa shape index (κ2) is 7.79. The molecule has 0 saturated heterocycles. The highest BCUT2D eigenvalue weighted by molar-refractivity contribution is 6.30. The summed E-state index contributed by atoms with van der Waals surface area (Å²) in [6.45, 7) is 1.71. The number of esters is 1. The monoisotopic (exact) mass is 331 g/mol. The Morgan fingerprint density at radius 2 is 1.65 bits per heavy atom. The van der Waals surface area contributed by atoms with E-state index in [9.17, 15) is 9.59 Å². The third-order valence-electron chi connectivity index (χ3n) is 3.59. The third-order valence-corrected chi connectivity index (χ3v) is 3.85. The van der Waals surface area contributed by atoms with Crippen LogP contribution in [0.3, 0.4) is 0 Å². The Labute approximate surface area is 140 Å². The van der Waals surface area contributed by atoms with Crippen molar-refractivity contribution in [3.05, 3.63) is 65.2 Å². The van der Waals surface area contributed by atoms with Gasteiger partial charge < -0.3 is 10.1 Å². The van der Waals surface area contributed by atoms with Gasteiger partial charge in [0.15, 0.2) is 5.78 Å². The fourth-order valence-electron chi connectivity index (χ4n) is 2.26. The molecule has 0 saturated carbocycles. The van der Waals surface area contributed by atoms with Crippen LogP contribution in [0.25, 0.3) is 0 Å². The summed E-state index contributed by atoms with van der Waals surface area (Å²) in [5, 5.41) is 3.65. The van der Waals surface area contributed by atoms with Crippen LogP contribution in [0.1, 0.15) is 17.3 Å². The molecule has 0 aliphatic carbocycles. The molecular weight excluding hydrogens is 314 g/mol. The number of carbonyl (C=O) groups is 2. The molecule has 0 aliphatic rings. The molecule has 0 unspecified atom stereocenters. The quantitative estimate of drug-likeness (QED) is 0.646. The molecule has 5 heteroatoms. The summed E-state index contributed by atoms with van der Waals surface area (Å²) < 4.78 is 4.84. The Morgan fingerprint density at radius 3 is 2.22 bits per heavy atom. The zero-order valence-corrected chi connectivity index (χ0v) is 13.7. The summed E-state index contributed by atoms with van der Waals surface area (Å²) in [6.07, 6.45) is 0. The van der Waals surface area contributed by atoms with Crippen molar-refractivity contribution in [1.29, 1.82) is 0 Å². The maximum absolute atomic E-state index is 12.6. The molecule has 0 bridgehead atoms. The fourth-order valence-corrected chi connectivity index (χ4v) is 2.38. The van der Waals surface area contributed by atoms with E-state index in [2.05, 4.69) is 5.32 Å². The predicted molar refractivity (Wildman–Crippen MR) is 90.8 cm³/mol. The van der Waals surface area contributed by atoms with E-state index in [0.29, 0.717) is 16.3 Å². The average Bonchev–Trinajstić information content (AvgIpc) is 2.60. The lowest BCUT2D eigenvalue weighted by atomic mass is 9.92. The van der Waals surface area contributed by atoms with Crippen LogP contribution in [0.2, 0.25) is 5.02 Å². The molecule has 23 heavy (non-hydrogen) atoms.